The Morgan fingerprint density at radius 2 is 1.92 bits per heavy atom. The molecular weight excluding hydrogens is 148 g/mol. The van der Waals surface area contributed by atoms with Gasteiger partial charge in [0.25, 0.3) is 0 Å². The van der Waals surface area contributed by atoms with E-state index in [9.17, 15) is 0 Å². The highest BCUT2D eigenvalue weighted by Gasteiger charge is 2.43. The molecule has 1 N–H and O–H groups in total. The summed E-state index contributed by atoms with van der Waals surface area (Å²) >= 11 is 0. The zero-order chi connectivity index (χ0) is 8.60. The van der Waals surface area contributed by atoms with Gasteiger partial charge in [-0.15, -0.1) is 0 Å². The van der Waals surface area contributed by atoms with Gasteiger partial charge in [0, 0.05) is 13.5 Å². The van der Waals surface area contributed by atoms with E-state index in [4.69, 9.17) is 0 Å². The van der Waals surface area contributed by atoms with Crippen LogP contribution in [0.15, 0.2) is 30.3 Å². The van der Waals surface area contributed by atoms with Gasteiger partial charge in [-0.1, -0.05) is 30.3 Å². The Hall–Kier alpha value is -0.860. The number of hydrogen-bond acceptors (Lipinski definition) is 2. The van der Waals surface area contributed by atoms with Crippen LogP contribution in [0.4, 0.5) is 0 Å². The summed E-state index contributed by atoms with van der Waals surface area (Å²) in [6, 6.07) is 10.6. The van der Waals surface area contributed by atoms with E-state index in [2.05, 4.69) is 54.7 Å². The lowest BCUT2D eigenvalue weighted by atomic mass is 10.1. The maximum Gasteiger partial charge on any atom is 0.0982 e. The highest BCUT2D eigenvalue weighted by atomic mass is 15.8. The van der Waals surface area contributed by atoms with E-state index in [0.29, 0.717) is 0 Å². The maximum atomic E-state index is 3.29. The largest absolute Gasteiger partial charge is 0.232 e. The van der Waals surface area contributed by atoms with Crippen molar-refractivity contribution in [1.82, 2.24) is 10.4 Å². The number of hydrogen-bond donors (Lipinski definition) is 1. The smallest absolute Gasteiger partial charge is 0.0982 e. The molecule has 0 radical (unpaired) electrons. The Morgan fingerprint density at radius 3 is 2.42 bits per heavy atom. The van der Waals surface area contributed by atoms with E-state index < -0.39 is 0 Å². The zero-order valence-electron chi connectivity index (χ0n) is 7.54. The maximum absolute atomic E-state index is 3.29. The van der Waals surface area contributed by atoms with Crippen molar-refractivity contribution < 1.29 is 0 Å². The van der Waals surface area contributed by atoms with Crippen LogP contribution in [0.3, 0.4) is 0 Å². The molecule has 1 saturated heterocycles. The van der Waals surface area contributed by atoms with Crippen molar-refractivity contribution in [2.45, 2.75) is 19.0 Å². The lowest BCUT2D eigenvalue weighted by Crippen LogP contribution is -2.16. The number of nitrogens with zero attached hydrogens (tertiary/aromatic N) is 1. The van der Waals surface area contributed by atoms with Crippen LogP contribution in [0, 0.1) is 0 Å². The summed E-state index contributed by atoms with van der Waals surface area (Å²) in [7, 11) is 2.07. The van der Waals surface area contributed by atoms with Crippen LogP contribution in [-0.2, 0) is 6.42 Å². The van der Waals surface area contributed by atoms with Crippen LogP contribution in [0.2, 0.25) is 0 Å². The van der Waals surface area contributed by atoms with Gasteiger partial charge in [0.1, 0.15) is 0 Å². The van der Waals surface area contributed by atoms with E-state index in [1.807, 2.05) is 0 Å². The summed E-state index contributed by atoms with van der Waals surface area (Å²) < 4.78 is 0. The zero-order valence-corrected chi connectivity index (χ0v) is 7.54. The average molecular weight is 162 g/mol. The highest BCUT2D eigenvalue weighted by molar-refractivity contribution is 5.18. The minimum atomic E-state index is 0.196. The highest BCUT2D eigenvalue weighted by Crippen LogP contribution is 2.25. The fourth-order valence-electron chi connectivity index (χ4n) is 1.49. The van der Waals surface area contributed by atoms with E-state index >= 15 is 0 Å². The molecule has 2 rings (SSSR count). The standard InChI is InChI=1S/C10H14N2/c1-10(11-12(10)2)8-9-6-4-3-5-7-9/h3-7,11H,8H2,1-2H3. The van der Waals surface area contributed by atoms with Gasteiger partial charge in [-0.3, -0.25) is 0 Å². The average Bonchev–Trinajstić information content (AvgIpc) is 2.61. The molecule has 1 heterocycles. The first kappa shape index (κ1) is 7.77. The molecule has 2 nitrogen and oxygen atoms in total. The third kappa shape index (κ3) is 1.36. The molecular formula is C10H14N2. The first-order valence-electron chi connectivity index (χ1n) is 4.26. The van der Waals surface area contributed by atoms with Crippen molar-refractivity contribution in [3.05, 3.63) is 35.9 Å². The Balaban J connectivity index is 2.06. The third-order valence-electron chi connectivity index (χ3n) is 2.49. The molecule has 64 valence electrons. The van der Waals surface area contributed by atoms with Gasteiger partial charge < -0.3 is 0 Å². The second-order valence-corrected chi connectivity index (χ2v) is 3.61. The molecule has 1 fully saturated rings. The summed E-state index contributed by atoms with van der Waals surface area (Å²) in [5.74, 6) is 0. The van der Waals surface area contributed by atoms with E-state index in [0.717, 1.165) is 6.42 Å². The molecule has 0 amide bonds. The quantitative estimate of drug-likeness (QED) is 0.665. The van der Waals surface area contributed by atoms with Crippen LogP contribution in [0.25, 0.3) is 0 Å². The molecule has 0 saturated carbocycles. The first-order valence-corrected chi connectivity index (χ1v) is 4.26. The molecule has 1 aromatic rings. The molecule has 0 aliphatic carbocycles. The lowest BCUT2D eigenvalue weighted by molar-refractivity contribution is 0.490. The second kappa shape index (κ2) is 2.57. The minimum Gasteiger partial charge on any atom is -0.232 e. The first-order chi connectivity index (χ1) is 5.71. The minimum absolute atomic E-state index is 0.196. The van der Waals surface area contributed by atoms with E-state index in [1.165, 1.54) is 5.56 Å². The summed E-state index contributed by atoms with van der Waals surface area (Å²) in [5.41, 5.74) is 4.87. The number of hydrazine groups is 1. The summed E-state index contributed by atoms with van der Waals surface area (Å²) in [6.07, 6.45) is 1.07. The summed E-state index contributed by atoms with van der Waals surface area (Å²) in [6.45, 7) is 2.21. The molecule has 2 heteroatoms. The molecule has 2 unspecified atom stereocenters. The van der Waals surface area contributed by atoms with Crippen molar-refractivity contribution in [2.24, 2.45) is 0 Å². The normalized spacial score (nSPS) is 33.3. The lowest BCUT2D eigenvalue weighted by Gasteiger charge is -2.05. The molecule has 0 aromatic heterocycles. The third-order valence-corrected chi connectivity index (χ3v) is 2.49. The Bertz CT molecular complexity index is 270. The van der Waals surface area contributed by atoms with Gasteiger partial charge in [0.05, 0.1) is 5.66 Å². The van der Waals surface area contributed by atoms with Gasteiger partial charge in [0.15, 0.2) is 0 Å². The number of rotatable bonds is 2. The Kier molecular flexibility index (Phi) is 1.67. The SMILES string of the molecule is CN1NC1(C)Cc1ccccc1. The van der Waals surface area contributed by atoms with E-state index in [1.54, 1.807) is 0 Å². The van der Waals surface area contributed by atoms with Crippen LogP contribution in [0.5, 0.6) is 0 Å². The molecule has 0 bridgehead atoms. The van der Waals surface area contributed by atoms with Crippen LogP contribution >= 0.6 is 0 Å². The van der Waals surface area contributed by atoms with E-state index in [-0.39, 0.29) is 5.66 Å². The van der Waals surface area contributed by atoms with Gasteiger partial charge in [-0.05, 0) is 12.5 Å². The molecule has 1 aliphatic rings. The monoisotopic (exact) mass is 162 g/mol. The fourth-order valence-corrected chi connectivity index (χ4v) is 1.49. The number of nitrogens with one attached hydrogen (secondary N) is 1. The topological polar surface area (TPSA) is 25.0 Å². The van der Waals surface area contributed by atoms with Crippen molar-refractivity contribution in [1.29, 1.82) is 0 Å². The summed E-state index contributed by atoms with van der Waals surface area (Å²) in [5, 5.41) is 2.14. The van der Waals surface area contributed by atoms with Gasteiger partial charge in [0.2, 0.25) is 0 Å². The van der Waals surface area contributed by atoms with Crippen LogP contribution in [0.1, 0.15) is 12.5 Å². The molecule has 1 aliphatic heterocycles. The molecule has 2 atom stereocenters. The second-order valence-electron chi connectivity index (χ2n) is 3.61. The van der Waals surface area contributed by atoms with Crippen LogP contribution in [-0.4, -0.2) is 17.7 Å². The number of benzene rings is 1. The predicted molar refractivity (Wildman–Crippen MR) is 49.4 cm³/mol. The van der Waals surface area contributed by atoms with Crippen molar-refractivity contribution in [3.63, 3.8) is 0 Å². The predicted octanol–water partition coefficient (Wildman–Crippen LogP) is 1.40. The molecule has 0 spiro atoms. The Labute approximate surface area is 73.2 Å². The summed E-state index contributed by atoms with van der Waals surface area (Å²) in [4.78, 5) is 0. The van der Waals surface area contributed by atoms with Gasteiger partial charge in [-0.2, -0.15) is 0 Å². The molecule has 12 heavy (non-hydrogen) atoms. The fraction of sp³-hybridized carbons (Fsp3) is 0.400. The van der Waals surface area contributed by atoms with Gasteiger partial charge in [-0.25, -0.2) is 10.4 Å². The molecule has 1 aromatic carbocycles. The van der Waals surface area contributed by atoms with Crippen molar-refractivity contribution >= 4 is 0 Å². The number of likely N-dealkylation sites (N-methyl/N-ethyl adjacent to an activating group) is 1. The van der Waals surface area contributed by atoms with Crippen molar-refractivity contribution in [2.75, 3.05) is 7.05 Å². The van der Waals surface area contributed by atoms with Crippen LogP contribution < -0.4 is 5.43 Å². The van der Waals surface area contributed by atoms with Gasteiger partial charge >= 0.3 is 0 Å². The Morgan fingerprint density at radius 1 is 1.33 bits per heavy atom. The van der Waals surface area contributed by atoms with Crippen molar-refractivity contribution in [3.8, 4) is 0 Å².